The van der Waals surface area contributed by atoms with Crippen molar-refractivity contribution >= 4 is 39.1 Å². The molecule has 2 rings (SSSR count). The lowest BCUT2D eigenvalue weighted by Gasteiger charge is -2.08. The number of hydrogen-bond acceptors (Lipinski definition) is 1. The summed E-state index contributed by atoms with van der Waals surface area (Å²) in [6.45, 7) is 0.470. The molecule has 0 aliphatic heterocycles. The SMILES string of the molecule is Clc1cccc(OCc2ccc(Cl)cc2Br)c1. The van der Waals surface area contributed by atoms with Crippen molar-refractivity contribution in [2.24, 2.45) is 0 Å². The van der Waals surface area contributed by atoms with Crippen LogP contribution in [0.5, 0.6) is 5.75 Å². The van der Waals surface area contributed by atoms with Crippen molar-refractivity contribution in [3.8, 4) is 5.75 Å². The maximum Gasteiger partial charge on any atom is 0.121 e. The molecule has 0 radical (unpaired) electrons. The quantitative estimate of drug-likeness (QED) is 0.738. The van der Waals surface area contributed by atoms with Crippen LogP contribution in [0.25, 0.3) is 0 Å². The highest BCUT2D eigenvalue weighted by Gasteiger charge is 2.02. The largest absolute Gasteiger partial charge is 0.489 e. The van der Waals surface area contributed by atoms with Crippen molar-refractivity contribution in [3.63, 3.8) is 0 Å². The van der Waals surface area contributed by atoms with E-state index < -0.39 is 0 Å². The van der Waals surface area contributed by atoms with Crippen molar-refractivity contribution in [3.05, 3.63) is 62.5 Å². The molecule has 0 saturated carbocycles. The first-order chi connectivity index (χ1) is 8.15. The molecule has 0 bridgehead atoms. The van der Waals surface area contributed by atoms with E-state index in [1.54, 1.807) is 6.07 Å². The van der Waals surface area contributed by atoms with Gasteiger partial charge in [-0.3, -0.25) is 0 Å². The van der Waals surface area contributed by atoms with Gasteiger partial charge in [-0.15, -0.1) is 0 Å². The van der Waals surface area contributed by atoms with Gasteiger partial charge >= 0.3 is 0 Å². The molecule has 88 valence electrons. The third-order valence-corrected chi connectivity index (χ3v) is 3.41. The molecular formula is C13H9BrCl2O. The Bertz CT molecular complexity index is 529. The molecule has 0 unspecified atom stereocenters. The van der Waals surface area contributed by atoms with Crippen LogP contribution in [0.4, 0.5) is 0 Å². The Balaban J connectivity index is 2.07. The maximum atomic E-state index is 5.87. The fraction of sp³-hybridized carbons (Fsp3) is 0.0769. The number of ether oxygens (including phenoxy) is 1. The van der Waals surface area contributed by atoms with Crippen LogP contribution in [0.2, 0.25) is 10.0 Å². The van der Waals surface area contributed by atoms with Crippen LogP contribution in [0.3, 0.4) is 0 Å². The van der Waals surface area contributed by atoms with E-state index in [0.29, 0.717) is 16.7 Å². The fourth-order valence-electron chi connectivity index (χ4n) is 1.36. The van der Waals surface area contributed by atoms with E-state index in [4.69, 9.17) is 27.9 Å². The molecule has 0 aliphatic carbocycles. The molecule has 1 nitrogen and oxygen atoms in total. The second kappa shape index (κ2) is 5.76. The molecule has 0 amide bonds. The molecule has 0 aliphatic rings. The average molecular weight is 332 g/mol. The van der Waals surface area contributed by atoms with E-state index >= 15 is 0 Å². The highest BCUT2D eigenvalue weighted by Crippen LogP contribution is 2.24. The van der Waals surface area contributed by atoms with Crippen molar-refractivity contribution < 1.29 is 4.74 Å². The maximum absolute atomic E-state index is 5.87. The molecule has 0 aromatic heterocycles. The minimum atomic E-state index is 0.470. The molecule has 0 saturated heterocycles. The van der Waals surface area contributed by atoms with Crippen molar-refractivity contribution in [2.75, 3.05) is 0 Å². The number of hydrogen-bond donors (Lipinski definition) is 0. The van der Waals surface area contributed by atoms with Gasteiger partial charge in [0.1, 0.15) is 12.4 Å². The van der Waals surface area contributed by atoms with Gasteiger partial charge in [-0.25, -0.2) is 0 Å². The summed E-state index contributed by atoms with van der Waals surface area (Å²) in [5.74, 6) is 0.749. The van der Waals surface area contributed by atoms with E-state index in [-0.39, 0.29) is 0 Å². The Morgan fingerprint density at radius 1 is 1.00 bits per heavy atom. The van der Waals surface area contributed by atoms with Gasteiger partial charge in [-0.2, -0.15) is 0 Å². The summed E-state index contributed by atoms with van der Waals surface area (Å²) in [5.41, 5.74) is 1.04. The third-order valence-electron chi connectivity index (χ3n) is 2.21. The zero-order valence-electron chi connectivity index (χ0n) is 8.79. The van der Waals surface area contributed by atoms with Crippen LogP contribution in [0.1, 0.15) is 5.56 Å². The minimum absolute atomic E-state index is 0.470. The third kappa shape index (κ3) is 3.63. The second-order valence-corrected chi connectivity index (χ2v) is 5.21. The van der Waals surface area contributed by atoms with Crippen LogP contribution < -0.4 is 4.74 Å². The summed E-state index contributed by atoms with van der Waals surface area (Å²) in [7, 11) is 0. The molecule has 4 heteroatoms. The monoisotopic (exact) mass is 330 g/mol. The first-order valence-corrected chi connectivity index (χ1v) is 6.52. The summed E-state index contributed by atoms with van der Waals surface area (Å²) in [6.07, 6.45) is 0. The molecule has 0 fully saturated rings. The van der Waals surface area contributed by atoms with Crippen molar-refractivity contribution in [2.45, 2.75) is 6.61 Å². The molecule has 2 aromatic rings. The standard InChI is InChI=1S/C13H9BrCl2O/c14-13-7-11(16)5-4-9(13)8-17-12-3-1-2-10(15)6-12/h1-7H,8H2. The van der Waals surface area contributed by atoms with Gasteiger partial charge in [-0.05, 0) is 30.3 Å². The van der Waals surface area contributed by atoms with E-state index in [1.807, 2.05) is 36.4 Å². The van der Waals surface area contributed by atoms with Gasteiger partial charge in [0.15, 0.2) is 0 Å². The first-order valence-electron chi connectivity index (χ1n) is 4.97. The molecule has 0 atom stereocenters. The van der Waals surface area contributed by atoms with E-state index in [2.05, 4.69) is 15.9 Å². The molecular weight excluding hydrogens is 323 g/mol. The van der Waals surface area contributed by atoms with Gasteiger partial charge in [0, 0.05) is 20.1 Å². The van der Waals surface area contributed by atoms with Gasteiger partial charge in [0.2, 0.25) is 0 Å². The molecule has 0 spiro atoms. The summed E-state index contributed by atoms with van der Waals surface area (Å²) in [6, 6.07) is 12.9. The first kappa shape index (κ1) is 12.7. The van der Waals surface area contributed by atoms with E-state index in [1.165, 1.54) is 0 Å². The molecule has 0 heterocycles. The predicted octanol–water partition coefficient (Wildman–Crippen LogP) is 5.33. The van der Waals surface area contributed by atoms with Gasteiger partial charge in [0.25, 0.3) is 0 Å². The van der Waals surface area contributed by atoms with Crippen LogP contribution >= 0.6 is 39.1 Å². The van der Waals surface area contributed by atoms with E-state index in [0.717, 1.165) is 15.8 Å². The highest BCUT2D eigenvalue weighted by atomic mass is 79.9. The van der Waals surface area contributed by atoms with E-state index in [9.17, 15) is 0 Å². The lowest BCUT2D eigenvalue weighted by Crippen LogP contribution is -1.96. The minimum Gasteiger partial charge on any atom is -0.489 e. The summed E-state index contributed by atoms with van der Waals surface area (Å²) >= 11 is 15.2. The lowest BCUT2D eigenvalue weighted by atomic mass is 10.2. The fourth-order valence-corrected chi connectivity index (χ4v) is 2.33. The zero-order valence-corrected chi connectivity index (χ0v) is 11.9. The van der Waals surface area contributed by atoms with Gasteiger partial charge < -0.3 is 4.74 Å². The van der Waals surface area contributed by atoms with Gasteiger partial charge in [0.05, 0.1) is 0 Å². The van der Waals surface area contributed by atoms with Crippen molar-refractivity contribution in [1.29, 1.82) is 0 Å². The Hall–Kier alpha value is -0.700. The normalized spacial score (nSPS) is 10.3. The highest BCUT2D eigenvalue weighted by molar-refractivity contribution is 9.10. The van der Waals surface area contributed by atoms with Crippen molar-refractivity contribution in [1.82, 2.24) is 0 Å². The van der Waals surface area contributed by atoms with Crippen LogP contribution in [-0.4, -0.2) is 0 Å². The molecule has 0 N–H and O–H groups in total. The number of halogens is 3. The lowest BCUT2D eigenvalue weighted by molar-refractivity contribution is 0.305. The van der Waals surface area contributed by atoms with Crippen LogP contribution in [-0.2, 0) is 6.61 Å². The Morgan fingerprint density at radius 2 is 1.76 bits per heavy atom. The summed E-state index contributed by atoms with van der Waals surface area (Å²) in [5, 5.41) is 1.36. The number of benzene rings is 2. The molecule has 2 aromatic carbocycles. The Labute approximate surface area is 118 Å². The van der Waals surface area contributed by atoms with Gasteiger partial charge in [-0.1, -0.05) is 51.3 Å². The predicted molar refractivity (Wildman–Crippen MR) is 74.9 cm³/mol. The van der Waals surface area contributed by atoms with Crippen LogP contribution in [0.15, 0.2) is 46.9 Å². The number of rotatable bonds is 3. The average Bonchev–Trinajstić information content (AvgIpc) is 2.28. The topological polar surface area (TPSA) is 9.23 Å². The zero-order chi connectivity index (χ0) is 12.3. The second-order valence-electron chi connectivity index (χ2n) is 3.48. The summed E-state index contributed by atoms with van der Waals surface area (Å²) in [4.78, 5) is 0. The summed E-state index contributed by atoms with van der Waals surface area (Å²) < 4.78 is 6.57. The Kier molecular flexibility index (Phi) is 4.32. The molecule has 17 heavy (non-hydrogen) atoms. The van der Waals surface area contributed by atoms with Crippen LogP contribution in [0, 0.1) is 0 Å². The smallest absolute Gasteiger partial charge is 0.121 e. The Morgan fingerprint density at radius 3 is 2.47 bits per heavy atom.